The third-order valence-electron chi connectivity index (χ3n) is 4.54. The van der Waals surface area contributed by atoms with Gasteiger partial charge in [0.25, 0.3) is 0 Å². The van der Waals surface area contributed by atoms with E-state index in [9.17, 15) is 0 Å². The molecule has 2 aromatic heterocycles. The Morgan fingerprint density at radius 2 is 2.20 bits per heavy atom. The van der Waals surface area contributed by atoms with Gasteiger partial charge in [0, 0.05) is 28.9 Å². The third kappa shape index (κ3) is 2.42. The van der Waals surface area contributed by atoms with Gasteiger partial charge in [-0.2, -0.15) is 0 Å². The van der Waals surface area contributed by atoms with Gasteiger partial charge in [0.1, 0.15) is 5.82 Å². The van der Waals surface area contributed by atoms with Crippen LogP contribution >= 0.6 is 11.3 Å². The molecule has 0 bridgehead atoms. The van der Waals surface area contributed by atoms with Gasteiger partial charge < -0.3 is 10.6 Å². The minimum atomic E-state index is 0.553. The second-order valence-corrected chi connectivity index (χ2v) is 6.55. The van der Waals surface area contributed by atoms with Crippen molar-refractivity contribution in [2.75, 3.05) is 18.0 Å². The van der Waals surface area contributed by atoms with E-state index >= 15 is 0 Å². The molecule has 1 aliphatic carbocycles. The molecule has 20 heavy (non-hydrogen) atoms. The van der Waals surface area contributed by atoms with E-state index < -0.39 is 0 Å². The Morgan fingerprint density at radius 1 is 1.35 bits per heavy atom. The maximum Gasteiger partial charge on any atom is 0.137 e. The molecule has 0 aromatic carbocycles. The molecule has 2 aromatic rings. The summed E-state index contributed by atoms with van der Waals surface area (Å²) < 4.78 is 1.33. The van der Waals surface area contributed by atoms with E-state index in [4.69, 9.17) is 5.73 Å². The molecule has 0 amide bonds. The Labute approximate surface area is 124 Å². The summed E-state index contributed by atoms with van der Waals surface area (Å²) in [6.45, 7) is 4.03. The number of anilines is 1. The van der Waals surface area contributed by atoms with Gasteiger partial charge in [0.15, 0.2) is 0 Å². The molecule has 2 unspecified atom stereocenters. The van der Waals surface area contributed by atoms with Crippen LogP contribution in [0.25, 0.3) is 10.1 Å². The molecule has 2 heterocycles. The maximum atomic E-state index is 6.01. The van der Waals surface area contributed by atoms with Gasteiger partial charge in [-0.3, -0.25) is 0 Å². The van der Waals surface area contributed by atoms with Crippen molar-refractivity contribution in [1.82, 2.24) is 4.98 Å². The van der Waals surface area contributed by atoms with E-state index in [0.29, 0.717) is 12.0 Å². The lowest BCUT2D eigenvalue weighted by atomic mass is 9.83. The first-order valence-electron chi connectivity index (χ1n) is 7.64. The van der Waals surface area contributed by atoms with Gasteiger partial charge in [0.05, 0.1) is 0 Å². The molecule has 0 aliphatic heterocycles. The molecule has 1 fully saturated rings. The Balaban J connectivity index is 1.98. The van der Waals surface area contributed by atoms with Gasteiger partial charge in [0.2, 0.25) is 0 Å². The van der Waals surface area contributed by atoms with Crippen LogP contribution in [0.2, 0.25) is 0 Å². The zero-order valence-electron chi connectivity index (χ0n) is 12.1. The van der Waals surface area contributed by atoms with Gasteiger partial charge >= 0.3 is 0 Å². The van der Waals surface area contributed by atoms with Crippen LogP contribution in [0.3, 0.4) is 0 Å². The predicted molar refractivity (Wildman–Crippen MR) is 87.4 cm³/mol. The van der Waals surface area contributed by atoms with Crippen molar-refractivity contribution < 1.29 is 0 Å². The minimum absolute atomic E-state index is 0.553. The number of thiophene rings is 1. The van der Waals surface area contributed by atoms with Gasteiger partial charge in [-0.25, -0.2) is 4.98 Å². The van der Waals surface area contributed by atoms with Crippen LogP contribution in [0.1, 0.15) is 32.6 Å². The largest absolute Gasteiger partial charge is 0.353 e. The van der Waals surface area contributed by atoms with Crippen LogP contribution in [0.4, 0.5) is 5.82 Å². The van der Waals surface area contributed by atoms with E-state index in [1.54, 1.807) is 11.3 Å². The fraction of sp³-hybridized carbons (Fsp3) is 0.562. The Bertz CT molecular complexity index is 566. The SMILES string of the molecule is CCN(c1nccc2sccc12)C1CCCCC1CN. The van der Waals surface area contributed by atoms with E-state index in [2.05, 4.69) is 34.3 Å². The number of fused-ring (bicyclic) bond motifs is 1. The minimum Gasteiger partial charge on any atom is -0.353 e. The number of hydrogen-bond acceptors (Lipinski definition) is 4. The number of aromatic nitrogens is 1. The summed E-state index contributed by atoms with van der Waals surface area (Å²) in [6, 6.07) is 4.86. The van der Waals surface area contributed by atoms with Crippen LogP contribution in [0.15, 0.2) is 23.7 Å². The molecule has 108 valence electrons. The lowest BCUT2D eigenvalue weighted by Gasteiger charge is -2.40. The standard InChI is InChI=1S/C16H23N3S/c1-2-19(14-6-4-3-5-12(14)11-17)16-13-8-10-20-15(13)7-9-18-16/h7-10,12,14H,2-6,11,17H2,1H3. The second-order valence-electron chi connectivity index (χ2n) is 5.60. The summed E-state index contributed by atoms with van der Waals surface area (Å²) in [5.41, 5.74) is 6.01. The molecule has 2 atom stereocenters. The predicted octanol–water partition coefficient (Wildman–Crippen LogP) is 3.64. The molecule has 0 radical (unpaired) electrons. The van der Waals surface area contributed by atoms with E-state index in [0.717, 1.165) is 18.9 Å². The quantitative estimate of drug-likeness (QED) is 0.934. The summed E-state index contributed by atoms with van der Waals surface area (Å²) in [5, 5.41) is 3.45. The van der Waals surface area contributed by atoms with Crippen molar-refractivity contribution in [2.24, 2.45) is 11.7 Å². The monoisotopic (exact) mass is 289 g/mol. The molecule has 0 saturated heterocycles. The zero-order chi connectivity index (χ0) is 13.9. The Hall–Kier alpha value is -1.13. The zero-order valence-corrected chi connectivity index (χ0v) is 12.9. The number of nitrogens with zero attached hydrogens (tertiary/aromatic N) is 2. The van der Waals surface area contributed by atoms with Crippen molar-refractivity contribution >= 4 is 27.2 Å². The highest BCUT2D eigenvalue weighted by molar-refractivity contribution is 7.17. The lowest BCUT2D eigenvalue weighted by Crippen LogP contribution is -2.45. The second kappa shape index (κ2) is 6.10. The highest BCUT2D eigenvalue weighted by atomic mass is 32.1. The topological polar surface area (TPSA) is 42.2 Å². The van der Waals surface area contributed by atoms with Crippen molar-refractivity contribution in [3.05, 3.63) is 23.7 Å². The lowest BCUT2D eigenvalue weighted by molar-refractivity contribution is 0.300. The van der Waals surface area contributed by atoms with Gasteiger partial charge in [-0.1, -0.05) is 12.8 Å². The third-order valence-corrected chi connectivity index (χ3v) is 5.43. The molecule has 3 nitrogen and oxygen atoms in total. The highest BCUT2D eigenvalue weighted by Crippen LogP contribution is 2.34. The molecular formula is C16H23N3S. The normalized spacial score (nSPS) is 23.1. The van der Waals surface area contributed by atoms with Crippen LogP contribution < -0.4 is 10.6 Å². The highest BCUT2D eigenvalue weighted by Gasteiger charge is 2.30. The summed E-state index contributed by atoms with van der Waals surface area (Å²) in [4.78, 5) is 7.18. The first-order chi connectivity index (χ1) is 9.85. The number of hydrogen-bond donors (Lipinski definition) is 1. The summed E-state index contributed by atoms with van der Waals surface area (Å²) in [6.07, 6.45) is 7.09. The molecule has 4 heteroatoms. The number of pyridine rings is 1. The van der Waals surface area contributed by atoms with E-state index in [-0.39, 0.29) is 0 Å². The van der Waals surface area contributed by atoms with Gasteiger partial charge in [-0.05, 0) is 49.7 Å². The van der Waals surface area contributed by atoms with Crippen molar-refractivity contribution in [3.63, 3.8) is 0 Å². The summed E-state index contributed by atoms with van der Waals surface area (Å²) in [5.74, 6) is 1.76. The molecular weight excluding hydrogens is 266 g/mol. The molecule has 2 N–H and O–H groups in total. The Kier molecular flexibility index (Phi) is 4.22. The molecule has 3 rings (SSSR count). The Morgan fingerprint density at radius 3 is 3.00 bits per heavy atom. The molecule has 1 aliphatic rings. The fourth-order valence-corrected chi connectivity index (χ4v) is 4.30. The van der Waals surface area contributed by atoms with Crippen molar-refractivity contribution in [2.45, 2.75) is 38.6 Å². The number of nitrogens with two attached hydrogens (primary N) is 1. The van der Waals surface area contributed by atoms with Crippen molar-refractivity contribution in [3.8, 4) is 0 Å². The average molecular weight is 289 g/mol. The molecule has 1 saturated carbocycles. The van der Waals surface area contributed by atoms with Crippen LogP contribution in [0, 0.1) is 5.92 Å². The first kappa shape index (κ1) is 13.8. The summed E-state index contributed by atoms with van der Waals surface area (Å²) >= 11 is 1.79. The average Bonchev–Trinajstić information content (AvgIpc) is 2.98. The fourth-order valence-electron chi connectivity index (χ4n) is 3.52. The number of rotatable bonds is 4. The van der Waals surface area contributed by atoms with Gasteiger partial charge in [-0.15, -0.1) is 11.3 Å². The van der Waals surface area contributed by atoms with E-state index in [1.165, 1.54) is 35.8 Å². The van der Waals surface area contributed by atoms with E-state index in [1.807, 2.05) is 6.20 Å². The van der Waals surface area contributed by atoms with Crippen LogP contribution in [-0.2, 0) is 0 Å². The smallest absolute Gasteiger partial charge is 0.137 e. The van der Waals surface area contributed by atoms with Crippen LogP contribution in [-0.4, -0.2) is 24.1 Å². The summed E-state index contributed by atoms with van der Waals surface area (Å²) in [7, 11) is 0. The molecule has 0 spiro atoms. The maximum absolute atomic E-state index is 6.01. The first-order valence-corrected chi connectivity index (χ1v) is 8.52. The van der Waals surface area contributed by atoms with Crippen molar-refractivity contribution in [1.29, 1.82) is 0 Å². The van der Waals surface area contributed by atoms with Crippen LogP contribution in [0.5, 0.6) is 0 Å².